The fourth-order valence-corrected chi connectivity index (χ4v) is 6.42. The van der Waals surface area contributed by atoms with Gasteiger partial charge in [0.25, 0.3) is 0 Å². The minimum absolute atomic E-state index is 0.155. The van der Waals surface area contributed by atoms with Gasteiger partial charge in [-0.1, -0.05) is 17.2 Å². The van der Waals surface area contributed by atoms with Gasteiger partial charge in [0.05, 0.1) is 17.7 Å². The minimum atomic E-state index is -0.622. The van der Waals surface area contributed by atoms with E-state index >= 15 is 0 Å². The first-order valence-electron chi connectivity index (χ1n) is 15.5. The van der Waals surface area contributed by atoms with Crippen LogP contribution in [0, 0.1) is 19.3 Å². The zero-order chi connectivity index (χ0) is 29.0. The SMILES string of the molecule is Cc1cc(C)cc(-c2[nH]nc(OCC(C)(C)C(=O)N3CCCC3)c2CCN2CCN(CC(=O)N3CCCC3)CC2)c1. The number of benzene rings is 1. The van der Waals surface area contributed by atoms with E-state index in [2.05, 4.69) is 52.0 Å². The number of rotatable bonds is 10. The number of hydrogen-bond acceptors (Lipinski definition) is 6. The molecule has 2 aromatic rings. The van der Waals surface area contributed by atoms with Crippen LogP contribution in [-0.4, -0.2) is 114 Å². The summed E-state index contributed by atoms with van der Waals surface area (Å²) >= 11 is 0. The van der Waals surface area contributed by atoms with E-state index in [4.69, 9.17) is 4.74 Å². The molecular weight excluding hydrogens is 516 g/mol. The third kappa shape index (κ3) is 7.30. The highest BCUT2D eigenvalue weighted by Gasteiger charge is 2.35. The normalized spacial score (nSPS) is 18.8. The second-order valence-electron chi connectivity index (χ2n) is 12.9. The van der Waals surface area contributed by atoms with Crippen molar-refractivity contribution in [2.24, 2.45) is 5.41 Å². The molecule has 0 atom stereocenters. The molecule has 0 aliphatic carbocycles. The van der Waals surface area contributed by atoms with Crippen LogP contribution in [0.4, 0.5) is 0 Å². The topological polar surface area (TPSA) is 85.0 Å². The molecule has 0 radical (unpaired) electrons. The van der Waals surface area contributed by atoms with Gasteiger partial charge in [-0.15, -0.1) is 5.10 Å². The second kappa shape index (κ2) is 12.9. The number of piperazine rings is 1. The maximum absolute atomic E-state index is 13.2. The van der Waals surface area contributed by atoms with Crippen molar-refractivity contribution in [3.63, 3.8) is 0 Å². The molecule has 0 bridgehead atoms. The molecule has 1 aromatic heterocycles. The number of carbonyl (C=O) groups is 2. The van der Waals surface area contributed by atoms with Gasteiger partial charge >= 0.3 is 0 Å². The molecule has 3 saturated heterocycles. The molecule has 4 heterocycles. The number of ether oxygens (including phenoxy) is 1. The molecule has 5 rings (SSSR count). The van der Waals surface area contributed by atoms with E-state index < -0.39 is 5.41 Å². The molecule has 224 valence electrons. The van der Waals surface area contributed by atoms with Gasteiger partial charge in [0.2, 0.25) is 17.7 Å². The third-order valence-corrected chi connectivity index (χ3v) is 8.84. The van der Waals surface area contributed by atoms with Crippen molar-refractivity contribution >= 4 is 11.8 Å². The lowest BCUT2D eigenvalue weighted by Gasteiger charge is -2.35. The van der Waals surface area contributed by atoms with Gasteiger partial charge in [-0.25, -0.2) is 0 Å². The van der Waals surface area contributed by atoms with Crippen LogP contribution in [0.3, 0.4) is 0 Å². The zero-order valence-electron chi connectivity index (χ0n) is 25.5. The Morgan fingerprint density at radius 2 is 1.44 bits per heavy atom. The number of nitrogens with zero attached hydrogens (tertiary/aromatic N) is 5. The van der Waals surface area contributed by atoms with Crippen LogP contribution in [0.1, 0.15) is 56.2 Å². The van der Waals surface area contributed by atoms with Gasteiger partial charge in [-0.2, -0.15) is 0 Å². The van der Waals surface area contributed by atoms with E-state index in [9.17, 15) is 9.59 Å². The third-order valence-electron chi connectivity index (χ3n) is 8.84. The quantitative estimate of drug-likeness (QED) is 0.476. The monoisotopic (exact) mass is 564 g/mol. The zero-order valence-corrected chi connectivity index (χ0v) is 25.5. The molecule has 41 heavy (non-hydrogen) atoms. The van der Waals surface area contributed by atoms with E-state index in [1.807, 2.05) is 23.6 Å². The van der Waals surface area contributed by atoms with E-state index in [0.717, 1.165) is 108 Å². The minimum Gasteiger partial charge on any atom is -0.475 e. The van der Waals surface area contributed by atoms with E-state index in [1.54, 1.807) is 0 Å². The lowest BCUT2D eigenvalue weighted by atomic mass is 9.93. The molecule has 1 aromatic carbocycles. The van der Waals surface area contributed by atoms with Crippen molar-refractivity contribution in [3.8, 4) is 17.1 Å². The van der Waals surface area contributed by atoms with Crippen LogP contribution in [0.15, 0.2) is 18.2 Å². The Labute approximate surface area is 245 Å². The summed E-state index contributed by atoms with van der Waals surface area (Å²) in [5, 5.41) is 7.89. The Bertz CT molecular complexity index is 1180. The summed E-state index contributed by atoms with van der Waals surface area (Å²) in [7, 11) is 0. The number of amides is 2. The van der Waals surface area contributed by atoms with E-state index in [1.165, 1.54) is 11.1 Å². The highest BCUT2D eigenvalue weighted by molar-refractivity contribution is 5.82. The van der Waals surface area contributed by atoms with Crippen LogP contribution >= 0.6 is 0 Å². The maximum atomic E-state index is 13.2. The fraction of sp³-hybridized carbons (Fsp3) is 0.656. The Morgan fingerprint density at radius 3 is 2.07 bits per heavy atom. The average molecular weight is 565 g/mol. The van der Waals surface area contributed by atoms with Crippen molar-refractivity contribution in [2.45, 2.75) is 59.8 Å². The van der Waals surface area contributed by atoms with E-state index in [-0.39, 0.29) is 18.4 Å². The first-order valence-corrected chi connectivity index (χ1v) is 15.5. The summed E-state index contributed by atoms with van der Waals surface area (Å²) in [6.45, 7) is 17.1. The number of hydrogen-bond donors (Lipinski definition) is 1. The fourth-order valence-electron chi connectivity index (χ4n) is 6.42. The lowest BCUT2D eigenvalue weighted by molar-refractivity contribution is -0.140. The van der Waals surface area contributed by atoms with Gasteiger partial charge in [0, 0.05) is 70.0 Å². The van der Waals surface area contributed by atoms with Crippen molar-refractivity contribution in [1.29, 1.82) is 0 Å². The summed E-state index contributed by atoms with van der Waals surface area (Å²) in [6.07, 6.45) is 5.22. The van der Waals surface area contributed by atoms with E-state index in [0.29, 0.717) is 12.4 Å². The molecule has 0 unspecified atom stereocenters. The van der Waals surface area contributed by atoms with Crippen molar-refractivity contribution < 1.29 is 14.3 Å². The van der Waals surface area contributed by atoms with Crippen LogP contribution in [-0.2, 0) is 16.0 Å². The smallest absolute Gasteiger partial charge is 0.236 e. The van der Waals surface area contributed by atoms with Gasteiger partial charge in [-0.3, -0.25) is 19.6 Å². The van der Waals surface area contributed by atoms with Crippen molar-refractivity contribution in [1.82, 2.24) is 29.8 Å². The standard InChI is InChI=1S/C32H48N6O3/c1-24-19-25(2)21-26(20-24)29-27(30(34-33-29)41-23-32(3,4)31(40)38-12-7-8-13-38)9-14-35-15-17-36(18-16-35)22-28(39)37-10-5-6-11-37/h19-21H,5-18,22-23H2,1-4H3,(H,33,34). The molecule has 9 heteroatoms. The number of aromatic amines is 1. The molecule has 3 aliphatic heterocycles. The lowest BCUT2D eigenvalue weighted by Crippen LogP contribution is -2.50. The van der Waals surface area contributed by atoms with Crippen LogP contribution in [0.2, 0.25) is 0 Å². The van der Waals surface area contributed by atoms with Crippen LogP contribution in [0.5, 0.6) is 5.88 Å². The highest BCUT2D eigenvalue weighted by atomic mass is 16.5. The molecule has 9 nitrogen and oxygen atoms in total. The van der Waals surface area contributed by atoms with Crippen molar-refractivity contribution in [3.05, 3.63) is 34.9 Å². The molecule has 2 amide bonds. The number of nitrogens with one attached hydrogen (secondary N) is 1. The highest BCUT2D eigenvalue weighted by Crippen LogP contribution is 2.32. The molecule has 1 N–H and O–H groups in total. The summed E-state index contributed by atoms with van der Waals surface area (Å²) < 4.78 is 6.34. The Balaban J connectivity index is 1.24. The Morgan fingerprint density at radius 1 is 0.854 bits per heavy atom. The molecule has 3 aliphatic rings. The molecule has 3 fully saturated rings. The second-order valence-corrected chi connectivity index (χ2v) is 12.9. The molecule has 0 saturated carbocycles. The van der Waals surface area contributed by atoms with Crippen molar-refractivity contribution in [2.75, 3.05) is 72.1 Å². The average Bonchev–Trinajstić information content (AvgIpc) is 3.73. The first kappa shape index (κ1) is 29.6. The number of carbonyl (C=O) groups excluding carboxylic acids is 2. The number of aryl methyl sites for hydroxylation is 2. The Kier molecular flexibility index (Phi) is 9.34. The number of H-pyrrole nitrogens is 1. The summed E-state index contributed by atoms with van der Waals surface area (Å²) in [4.78, 5) is 34.5. The molecular formula is C32H48N6O3. The summed E-state index contributed by atoms with van der Waals surface area (Å²) in [5.74, 6) is 1.03. The van der Waals surface area contributed by atoms with Gasteiger partial charge in [0.15, 0.2) is 0 Å². The predicted molar refractivity (Wildman–Crippen MR) is 161 cm³/mol. The first-order chi connectivity index (χ1) is 19.7. The Hall–Kier alpha value is -2.91. The van der Waals surface area contributed by atoms with Gasteiger partial charge < -0.3 is 19.4 Å². The van der Waals surface area contributed by atoms with Crippen LogP contribution in [0.25, 0.3) is 11.3 Å². The maximum Gasteiger partial charge on any atom is 0.236 e. The molecule has 0 spiro atoms. The van der Waals surface area contributed by atoms with Crippen LogP contribution < -0.4 is 4.74 Å². The van der Waals surface area contributed by atoms with Gasteiger partial charge in [0.1, 0.15) is 6.61 Å². The summed E-state index contributed by atoms with van der Waals surface area (Å²) in [6, 6.07) is 6.55. The number of likely N-dealkylation sites (tertiary alicyclic amines) is 2. The summed E-state index contributed by atoms with van der Waals surface area (Å²) in [5.41, 5.74) is 4.96. The number of aromatic nitrogens is 2. The van der Waals surface area contributed by atoms with Gasteiger partial charge in [-0.05, 0) is 71.9 Å². The predicted octanol–water partition coefficient (Wildman–Crippen LogP) is 3.50. The largest absolute Gasteiger partial charge is 0.475 e.